The normalized spacial score (nSPS) is 10.9. The molecule has 0 aliphatic rings. The van der Waals surface area contributed by atoms with Crippen LogP contribution in [0, 0.1) is 5.92 Å². The van der Waals surface area contributed by atoms with E-state index in [-0.39, 0.29) is 0 Å². The summed E-state index contributed by atoms with van der Waals surface area (Å²) in [6, 6.07) is 8.31. The minimum Gasteiger partial charge on any atom is -0.383 e. The Hall–Kier alpha value is -0.730. The Morgan fingerprint density at radius 2 is 2.00 bits per heavy atom. The molecule has 0 saturated carbocycles. The smallest absolute Gasteiger partial charge is 0.0637 e. The lowest BCUT2D eigenvalue weighted by molar-refractivity contribution is 0.204. The van der Waals surface area contributed by atoms with E-state index in [0.717, 1.165) is 19.7 Å². The number of nitrogens with zero attached hydrogens (tertiary/aromatic N) is 1. The number of para-hydroxylation sites is 1. The lowest BCUT2D eigenvalue weighted by Gasteiger charge is -2.28. The van der Waals surface area contributed by atoms with Crippen LogP contribution in [-0.2, 0) is 10.6 Å². The Morgan fingerprint density at radius 3 is 2.59 bits per heavy atom. The van der Waals surface area contributed by atoms with Gasteiger partial charge in [-0.05, 0) is 17.5 Å². The Morgan fingerprint density at radius 1 is 1.29 bits per heavy atom. The van der Waals surface area contributed by atoms with Crippen LogP contribution < -0.4 is 4.90 Å². The Kier molecular flexibility index (Phi) is 6.38. The number of hydrogen-bond donors (Lipinski definition) is 0. The number of halogens is 1. The van der Waals surface area contributed by atoms with Crippen LogP contribution in [0.2, 0.25) is 0 Å². The summed E-state index contributed by atoms with van der Waals surface area (Å²) < 4.78 is 5.17. The van der Waals surface area contributed by atoms with Gasteiger partial charge in [0.15, 0.2) is 0 Å². The first-order valence-electron chi connectivity index (χ1n) is 6.06. The maximum absolute atomic E-state index is 5.99. The van der Waals surface area contributed by atoms with Gasteiger partial charge < -0.3 is 9.64 Å². The Bertz CT molecular complexity index is 328. The molecule has 0 atom stereocenters. The van der Waals surface area contributed by atoms with Crippen molar-refractivity contribution in [1.29, 1.82) is 0 Å². The Labute approximate surface area is 110 Å². The van der Waals surface area contributed by atoms with Gasteiger partial charge in [0.2, 0.25) is 0 Å². The lowest BCUT2D eigenvalue weighted by atomic mass is 10.1. The van der Waals surface area contributed by atoms with Crippen LogP contribution in [0.25, 0.3) is 0 Å². The molecule has 0 heterocycles. The van der Waals surface area contributed by atoms with Crippen molar-refractivity contribution in [1.82, 2.24) is 0 Å². The molecule has 0 aliphatic carbocycles. The van der Waals surface area contributed by atoms with Gasteiger partial charge in [-0.1, -0.05) is 32.0 Å². The summed E-state index contributed by atoms with van der Waals surface area (Å²) in [5, 5.41) is 0. The highest BCUT2D eigenvalue weighted by Crippen LogP contribution is 2.22. The van der Waals surface area contributed by atoms with E-state index in [2.05, 4.69) is 36.9 Å². The molecule has 1 rings (SSSR count). The molecule has 3 heteroatoms. The SMILES string of the molecule is COCCN(CC(C)C)c1ccccc1CCl. The lowest BCUT2D eigenvalue weighted by Crippen LogP contribution is -2.31. The third kappa shape index (κ3) is 4.57. The summed E-state index contributed by atoms with van der Waals surface area (Å²) in [6.45, 7) is 7.12. The Balaban J connectivity index is 2.86. The predicted octanol–water partition coefficient (Wildman–Crippen LogP) is 3.53. The molecule has 0 radical (unpaired) electrons. The first-order chi connectivity index (χ1) is 8.19. The summed E-state index contributed by atoms with van der Waals surface area (Å²) in [6.07, 6.45) is 0. The minimum absolute atomic E-state index is 0.553. The monoisotopic (exact) mass is 255 g/mol. The standard InChI is InChI=1S/C14H22ClNO/c1-12(2)11-16(8-9-17-3)14-7-5-4-6-13(14)10-15/h4-7,12H,8-11H2,1-3H3. The van der Waals surface area contributed by atoms with E-state index < -0.39 is 0 Å². The molecule has 0 amide bonds. The molecule has 0 spiro atoms. The van der Waals surface area contributed by atoms with Gasteiger partial charge in [0.05, 0.1) is 6.61 Å². The molecule has 0 aliphatic heterocycles. The number of alkyl halides is 1. The first kappa shape index (κ1) is 14.3. The fraction of sp³-hybridized carbons (Fsp3) is 0.571. The van der Waals surface area contributed by atoms with Crippen LogP contribution in [0.15, 0.2) is 24.3 Å². The summed E-state index contributed by atoms with van der Waals surface area (Å²) in [7, 11) is 1.74. The molecular formula is C14H22ClNO. The zero-order valence-electron chi connectivity index (χ0n) is 10.9. The predicted molar refractivity (Wildman–Crippen MR) is 74.9 cm³/mol. The van der Waals surface area contributed by atoms with Crippen molar-refractivity contribution in [2.45, 2.75) is 19.7 Å². The third-order valence-electron chi connectivity index (χ3n) is 2.63. The third-order valence-corrected chi connectivity index (χ3v) is 2.92. The maximum Gasteiger partial charge on any atom is 0.0637 e. The van der Waals surface area contributed by atoms with Crippen LogP contribution in [0.1, 0.15) is 19.4 Å². The quantitative estimate of drug-likeness (QED) is 0.691. The van der Waals surface area contributed by atoms with Crippen molar-refractivity contribution in [3.05, 3.63) is 29.8 Å². The number of anilines is 1. The molecule has 0 aromatic heterocycles. The van der Waals surface area contributed by atoms with E-state index >= 15 is 0 Å². The highest BCUT2D eigenvalue weighted by molar-refractivity contribution is 6.17. The molecule has 2 nitrogen and oxygen atoms in total. The summed E-state index contributed by atoms with van der Waals surface area (Å²) >= 11 is 5.99. The molecule has 0 N–H and O–H groups in total. The largest absolute Gasteiger partial charge is 0.383 e. The van der Waals surface area contributed by atoms with Crippen LogP contribution >= 0.6 is 11.6 Å². The molecule has 1 aromatic rings. The van der Waals surface area contributed by atoms with Gasteiger partial charge in [0.1, 0.15) is 0 Å². The number of hydrogen-bond acceptors (Lipinski definition) is 2. The van der Waals surface area contributed by atoms with Crippen LogP contribution in [0.4, 0.5) is 5.69 Å². The van der Waals surface area contributed by atoms with Crippen molar-refractivity contribution < 1.29 is 4.74 Å². The number of benzene rings is 1. The zero-order valence-corrected chi connectivity index (χ0v) is 11.7. The topological polar surface area (TPSA) is 12.5 Å². The summed E-state index contributed by atoms with van der Waals surface area (Å²) in [4.78, 5) is 2.35. The van der Waals surface area contributed by atoms with Crippen LogP contribution in [0.5, 0.6) is 0 Å². The van der Waals surface area contributed by atoms with Gasteiger partial charge in [0.25, 0.3) is 0 Å². The van der Waals surface area contributed by atoms with Gasteiger partial charge in [-0.25, -0.2) is 0 Å². The molecular weight excluding hydrogens is 234 g/mol. The van der Waals surface area contributed by atoms with Gasteiger partial charge in [0, 0.05) is 31.8 Å². The van der Waals surface area contributed by atoms with E-state index in [1.54, 1.807) is 7.11 Å². The van der Waals surface area contributed by atoms with Crippen LogP contribution in [0.3, 0.4) is 0 Å². The van der Waals surface area contributed by atoms with Gasteiger partial charge in [-0.2, -0.15) is 0 Å². The van der Waals surface area contributed by atoms with E-state index in [1.165, 1.54) is 11.3 Å². The van der Waals surface area contributed by atoms with Crippen molar-refractivity contribution in [2.24, 2.45) is 5.92 Å². The fourth-order valence-electron chi connectivity index (χ4n) is 1.88. The average molecular weight is 256 g/mol. The van der Waals surface area contributed by atoms with Gasteiger partial charge >= 0.3 is 0 Å². The van der Waals surface area contributed by atoms with Crippen molar-refractivity contribution >= 4 is 17.3 Å². The second-order valence-electron chi connectivity index (χ2n) is 4.60. The summed E-state index contributed by atoms with van der Waals surface area (Å²) in [5.41, 5.74) is 2.42. The van der Waals surface area contributed by atoms with Crippen molar-refractivity contribution in [3.8, 4) is 0 Å². The molecule has 17 heavy (non-hydrogen) atoms. The highest BCUT2D eigenvalue weighted by atomic mass is 35.5. The number of rotatable bonds is 7. The van der Waals surface area contributed by atoms with Gasteiger partial charge in [-0.3, -0.25) is 0 Å². The zero-order chi connectivity index (χ0) is 12.7. The molecule has 0 fully saturated rings. The number of methoxy groups -OCH3 is 1. The second kappa shape index (κ2) is 7.57. The summed E-state index contributed by atoms with van der Waals surface area (Å²) in [5.74, 6) is 1.17. The molecule has 0 unspecified atom stereocenters. The van der Waals surface area contributed by atoms with E-state index in [0.29, 0.717) is 11.8 Å². The molecule has 0 saturated heterocycles. The van der Waals surface area contributed by atoms with Gasteiger partial charge in [-0.15, -0.1) is 11.6 Å². The first-order valence-corrected chi connectivity index (χ1v) is 6.60. The maximum atomic E-state index is 5.99. The molecule has 96 valence electrons. The minimum atomic E-state index is 0.553. The fourth-order valence-corrected chi connectivity index (χ4v) is 2.11. The van der Waals surface area contributed by atoms with E-state index in [1.807, 2.05) is 6.07 Å². The van der Waals surface area contributed by atoms with Crippen molar-refractivity contribution in [2.75, 3.05) is 31.7 Å². The number of ether oxygens (including phenoxy) is 1. The molecule has 0 bridgehead atoms. The average Bonchev–Trinajstić information content (AvgIpc) is 2.34. The highest BCUT2D eigenvalue weighted by Gasteiger charge is 2.11. The second-order valence-corrected chi connectivity index (χ2v) is 4.86. The van der Waals surface area contributed by atoms with Crippen molar-refractivity contribution in [3.63, 3.8) is 0 Å². The molecule has 1 aromatic carbocycles. The van der Waals surface area contributed by atoms with E-state index in [4.69, 9.17) is 16.3 Å². The van der Waals surface area contributed by atoms with Crippen LogP contribution in [-0.4, -0.2) is 26.8 Å². The van der Waals surface area contributed by atoms with E-state index in [9.17, 15) is 0 Å².